The average Bonchev–Trinajstić information content (AvgIpc) is 2.46. The van der Waals surface area contributed by atoms with Crippen molar-refractivity contribution in [2.45, 2.75) is 6.42 Å². The topological polar surface area (TPSA) is 51.4 Å². The maximum absolute atomic E-state index is 5.62. The molecule has 2 aromatic rings. The van der Waals surface area contributed by atoms with E-state index in [0.29, 0.717) is 5.69 Å². The Kier molecular flexibility index (Phi) is 4.23. The highest BCUT2D eigenvalue weighted by atomic mass is 16.5. The smallest absolute Gasteiger partial charge is 0.142 e. The molecule has 0 aliphatic heterocycles. The van der Waals surface area contributed by atoms with Crippen LogP contribution in [0.4, 0.5) is 11.4 Å². The summed E-state index contributed by atoms with van der Waals surface area (Å²) in [6.45, 7) is 0.872. The minimum atomic E-state index is 0.696. The molecule has 0 bridgehead atoms. The van der Waals surface area contributed by atoms with Crippen molar-refractivity contribution in [3.63, 3.8) is 0 Å². The molecule has 0 saturated carbocycles. The van der Waals surface area contributed by atoms with E-state index in [1.807, 2.05) is 30.3 Å². The zero-order chi connectivity index (χ0) is 13.7. The summed E-state index contributed by atoms with van der Waals surface area (Å²) in [6, 6.07) is 11.8. The maximum Gasteiger partial charge on any atom is 0.142 e. The van der Waals surface area contributed by atoms with E-state index in [4.69, 9.17) is 10.5 Å². The Morgan fingerprint density at radius 1 is 1.21 bits per heavy atom. The van der Waals surface area contributed by atoms with Gasteiger partial charge in [0.1, 0.15) is 5.75 Å². The Bertz CT molecular complexity index is 525. The molecule has 0 unspecified atom stereocenters. The predicted octanol–water partition coefficient (Wildman–Crippen LogP) is 2.35. The second-order valence-electron chi connectivity index (χ2n) is 4.43. The quantitative estimate of drug-likeness (QED) is 0.893. The zero-order valence-electron chi connectivity index (χ0n) is 11.3. The Morgan fingerprint density at radius 2 is 2.00 bits per heavy atom. The lowest BCUT2D eigenvalue weighted by Crippen LogP contribution is -2.21. The predicted molar refractivity (Wildman–Crippen MR) is 78.6 cm³/mol. The zero-order valence-corrected chi connectivity index (χ0v) is 11.3. The number of benzene rings is 1. The third-order valence-corrected chi connectivity index (χ3v) is 3.05. The van der Waals surface area contributed by atoms with Gasteiger partial charge in [-0.25, -0.2) is 0 Å². The molecule has 0 atom stereocenters. The summed E-state index contributed by atoms with van der Waals surface area (Å²) < 4.78 is 5.36. The maximum atomic E-state index is 5.62. The molecule has 0 aliphatic carbocycles. The van der Waals surface area contributed by atoms with Gasteiger partial charge in [0.15, 0.2) is 0 Å². The number of likely N-dealkylation sites (N-methyl/N-ethyl adjacent to an activating group) is 1. The molecular formula is C15H19N3O. The fourth-order valence-corrected chi connectivity index (χ4v) is 1.93. The van der Waals surface area contributed by atoms with E-state index in [2.05, 4.69) is 23.0 Å². The Balaban J connectivity index is 2.01. The molecule has 2 rings (SSSR count). The Morgan fingerprint density at radius 3 is 2.68 bits per heavy atom. The molecule has 1 aromatic carbocycles. The van der Waals surface area contributed by atoms with Crippen LogP contribution in [0.15, 0.2) is 42.6 Å². The molecule has 1 heterocycles. The first-order valence-corrected chi connectivity index (χ1v) is 6.25. The fraction of sp³-hybridized carbons (Fsp3) is 0.267. The second kappa shape index (κ2) is 6.09. The summed E-state index contributed by atoms with van der Waals surface area (Å²) in [6.07, 6.45) is 2.56. The fourth-order valence-electron chi connectivity index (χ4n) is 1.93. The lowest BCUT2D eigenvalue weighted by molar-refractivity contribution is 0.415. The van der Waals surface area contributed by atoms with E-state index >= 15 is 0 Å². The standard InChI is InChI=1S/C15H19N3O/c1-18(14-5-3-4-6-15(14)19-2)10-9-13-8-7-12(16)11-17-13/h3-8,11H,9-10,16H2,1-2H3. The SMILES string of the molecule is COc1ccccc1N(C)CCc1ccc(N)cn1. The molecular weight excluding hydrogens is 238 g/mol. The number of para-hydroxylation sites is 2. The number of methoxy groups -OCH3 is 1. The highest BCUT2D eigenvalue weighted by Crippen LogP contribution is 2.26. The van der Waals surface area contributed by atoms with Crippen molar-refractivity contribution in [2.75, 3.05) is 31.3 Å². The highest BCUT2D eigenvalue weighted by Gasteiger charge is 2.07. The van der Waals surface area contributed by atoms with Crippen LogP contribution in [0.5, 0.6) is 5.75 Å². The number of rotatable bonds is 5. The van der Waals surface area contributed by atoms with Crippen LogP contribution in [-0.4, -0.2) is 25.7 Å². The number of pyridine rings is 1. The van der Waals surface area contributed by atoms with Crippen LogP contribution in [0, 0.1) is 0 Å². The van der Waals surface area contributed by atoms with E-state index in [1.54, 1.807) is 13.3 Å². The van der Waals surface area contributed by atoms with Gasteiger partial charge < -0.3 is 15.4 Å². The molecule has 0 saturated heterocycles. The molecule has 1 aromatic heterocycles. The Hall–Kier alpha value is -2.23. The van der Waals surface area contributed by atoms with Gasteiger partial charge in [-0.2, -0.15) is 0 Å². The van der Waals surface area contributed by atoms with Gasteiger partial charge in [-0.05, 0) is 24.3 Å². The molecule has 0 fully saturated rings. The van der Waals surface area contributed by atoms with Gasteiger partial charge in [0.2, 0.25) is 0 Å². The van der Waals surface area contributed by atoms with Crippen molar-refractivity contribution < 1.29 is 4.74 Å². The molecule has 19 heavy (non-hydrogen) atoms. The molecule has 0 aliphatic rings. The number of nitrogens with two attached hydrogens (primary N) is 1. The molecule has 2 N–H and O–H groups in total. The van der Waals surface area contributed by atoms with Gasteiger partial charge in [-0.3, -0.25) is 4.98 Å². The molecule has 100 valence electrons. The van der Waals surface area contributed by atoms with Crippen molar-refractivity contribution >= 4 is 11.4 Å². The molecule has 0 spiro atoms. The first-order valence-electron chi connectivity index (χ1n) is 6.25. The number of anilines is 2. The van der Waals surface area contributed by atoms with E-state index in [9.17, 15) is 0 Å². The van der Waals surface area contributed by atoms with Crippen molar-refractivity contribution in [1.82, 2.24) is 4.98 Å². The third kappa shape index (κ3) is 3.37. The van der Waals surface area contributed by atoms with Crippen molar-refractivity contribution in [2.24, 2.45) is 0 Å². The number of hydrogen-bond donors (Lipinski definition) is 1. The first kappa shape index (κ1) is 13.2. The summed E-state index contributed by atoms with van der Waals surface area (Å²) in [5.74, 6) is 0.885. The van der Waals surface area contributed by atoms with Crippen LogP contribution in [0.25, 0.3) is 0 Å². The minimum Gasteiger partial charge on any atom is -0.495 e. The van der Waals surface area contributed by atoms with Crippen LogP contribution in [0.1, 0.15) is 5.69 Å². The lowest BCUT2D eigenvalue weighted by Gasteiger charge is -2.21. The Labute approximate surface area is 113 Å². The minimum absolute atomic E-state index is 0.696. The van der Waals surface area contributed by atoms with Crippen LogP contribution in [-0.2, 0) is 6.42 Å². The summed E-state index contributed by atoms with van der Waals surface area (Å²) in [5, 5.41) is 0. The number of nitrogen functional groups attached to an aromatic ring is 1. The molecule has 0 amide bonds. The average molecular weight is 257 g/mol. The van der Waals surface area contributed by atoms with Crippen LogP contribution >= 0.6 is 0 Å². The normalized spacial score (nSPS) is 10.2. The second-order valence-corrected chi connectivity index (χ2v) is 4.43. The van der Waals surface area contributed by atoms with Crippen LogP contribution < -0.4 is 15.4 Å². The monoisotopic (exact) mass is 257 g/mol. The van der Waals surface area contributed by atoms with Gasteiger partial charge in [0, 0.05) is 25.7 Å². The van der Waals surface area contributed by atoms with Crippen molar-refractivity contribution in [1.29, 1.82) is 0 Å². The summed E-state index contributed by atoms with van der Waals surface area (Å²) >= 11 is 0. The van der Waals surface area contributed by atoms with Crippen molar-refractivity contribution in [3.05, 3.63) is 48.3 Å². The van der Waals surface area contributed by atoms with E-state index in [1.165, 1.54) is 0 Å². The summed E-state index contributed by atoms with van der Waals surface area (Å²) in [5.41, 5.74) is 8.44. The van der Waals surface area contributed by atoms with Gasteiger partial charge in [0.05, 0.1) is 24.7 Å². The third-order valence-electron chi connectivity index (χ3n) is 3.05. The molecule has 0 radical (unpaired) electrons. The van der Waals surface area contributed by atoms with Gasteiger partial charge in [-0.1, -0.05) is 12.1 Å². The van der Waals surface area contributed by atoms with E-state index in [-0.39, 0.29) is 0 Å². The summed E-state index contributed by atoms with van der Waals surface area (Å²) in [7, 11) is 3.74. The number of ether oxygens (including phenoxy) is 1. The first-order chi connectivity index (χ1) is 9.20. The van der Waals surface area contributed by atoms with Crippen LogP contribution in [0.3, 0.4) is 0 Å². The number of aromatic nitrogens is 1. The van der Waals surface area contributed by atoms with Gasteiger partial charge in [-0.15, -0.1) is 0 Å². The van der Waals surface area contributed by atoms with E-state index < -0.39 is 0 Å². The lowest BCUT2D eigenvalue weighted by atomic mass is 10.2. The molecule has 4 heteroatoms. The molecule has 4 nitrogen and oxygen atoms in total. The number of hydrogen-bond acceptors (Lipinski definition) is 4. The summed E-state index contributed by atoms with van der Waals surface area (Å²) in [4.78, 5) is 6.47. The largest absolute Gasteiger partial charge is 0.495 e. The van der Waals surface area contributed by atoms with Crippen molar-refractivity contribution in [3.8, 4) is 5.75 Å². The van der Waals surface area contributed by atoms with Crippen LogP contribution in [0.2, 0.25) is 0 Å². The van der Waals surface area contributed by atoms with Gasteiger partial charge in [0.25, 0.3) is 0 Å². The highest BCUT2D eigenvalue weighted by molar-refractivity contribution is 5.57. The number of nitrogens with zero attached hydrogens (tertiary/aromatic N) is 2. The van der Waals surface area contributed by atoms with E-state index in [0.717, 1.165) is 30.1 Å². The van der Waals surface area contributed by atoms with Gasteiger partial charge >= 0.3 is 0 Å².